The molecule has 0 N–H and O–H groups in total. The molecule has 0 aromatic heterocycles. The molecule has 0 saturated heterocycles. The molecule has 3 rings (SSSR count). The molecular formula is C25H31NO4S. The molecule has 2 amide bonds. The van der Waals surface area contributed by atoms with Crippen LogP contribution in [0.4, 0.5) is 5.69 Å². The number of anilines is 1. The molecule has 0 saturated carbocycles. The summed E-state index contributed by atoms with van der Waals surface area (Å²) in [5.41, 5.74) is 2.56. The molecule has 0 fully saturated rings. The van der Waals surface area contributed by atoms with Crippen molar-refractivity contribution in [3.8, 4) is 0 Å². The maximum Gasteiger partial charge on any atom is 0.266 e. The second-order valence-electron chi connectivity index (χ2n) is 9.11. The first-order valence-electron chi connectivity index (χ1n) is 10.9. The van der Waals surface area contributed by atoms with Gasteiger partial charge in [-0.05, 0) is 69.9 Å². The predicted octanol–water partition coefficient (Wildman–Crippen LogP) is 5.19. The van der Waals surface area contributed by atoms with E-state index >= 15 is 0 Å². The fourth-order valence-corrected chi connectivity index (χ4v) is 4.91. The Morgan fingerprint density at radius 2 is 1.39 bits per heavy atom. The number of hydrogen-bond acceptors (Lipinski definition) is 4. The minimum absolute atomic E-state index is 0.245. The van der Waals surface area contributed by atoms with Crippen molar-refractivity contribution in [1.82, 2.24) is 0 Å². The lowest BCUT2D eigenvalue weighted by Crippen LogP contribution is -2.30. The van der Waals surface area contributed by atoms with Crippen LogP contribution in [0.3, 0.4) is 0 Å². The van der Waals surface area contributed by atoms with Crippen molar-refractivity contribution in [2.45, 2.75) is 64.0 Å². The third kappa shape index (κ3) is 5.24. The number of carbonyl (C=O) groups excluding carboxylic acids is 2. The van der Waals surface area contributed by atoms with Crippen molar-refractivity contribution >= 4 is 27.3 Å². The van der Waals surface area contributed by atoms with Gasteiger partial charge in [0.1, 0.15) is 0 Å². The van der Waals surface area contributed by atoms with Crippen molar-refractivity contribution < 1.29 is 18.0 Å². The van der Waals surface area contributed by atoms with Crippen molar-refractivity contribution in [3.05, 3.63) is 65.2 Å². The number of aryl methyl sites for hydroxylation is 1. The van der Waals surface area contributed by atoms with E-state index in [1.165, 1.54) is 4.90 Å². The first-order chi connectivity index (χ1) is 14.6. The Balaban J connectivity index is 1.49. The maximum atomic E-state index is 12.8. The van der Waals surface area contributed by atoms with Crippen LogP contribution in [0, 0.1) is 0 Å². The number of imide groups is 1. The summed E-state index contributed by atoms with van der Waals surface area (Å²) in [5.74, 6) is -0.300. The topological polar surface area (TPSA) is 71.5 Å². The zero-order chi connectivity index (χ0) is 22.6. The highest BCUT2D eigenvalue weighted by atomic mass is 32.2. The van der Waals surface area contributed by atoms with Gasteiger partial charge in [0.15, 0.2) is 9.84 Å². The molecular weight excluding hydrogens is 410 g/mol. The highest BCUT2D eigenvalue weighted by molar-refractivity contribution is 7.92. The highest BCUT2D eigenvalue weighted by Crippen LogP contribution is 2.29. The van der Waals surface area contributed by atoms with Crippen molar-refractivity contribution in [2.24, 2.45) is 0 Å². The van der Waals surface area contributed by atoms with Crippen LogP contribution >= 0.6 is 0 Å². The van der Waals surface area contributed by atoms with Crippen LogP contribution in [-0.4, -0.2) is 30.7 Å². The molecule has 0 unspecified atom stereocenters. The molecule has 0 spiro atoms. The van der Waals surface area contributed by atoms with Crippen molar-refractivity contribution in [3.63, 3.8) is 0 Å². The van der Waals surface area contributed by atoms with Gasteiger partial charge in [-0.15, -0.1) is 0 Å². The number of para-hydroxylation sites is 1. The average molecular weight is 442 g/mol. The van der Waals surface area contributed by atoms with E-state index in [-0.39, 0.29) is 17.6 Å². The number of sulfone groups is 1. The number of nitrogens with zero attached hydrogens (tertiary/aromatic N) is 1. The van der Waals surface area contributed by atoms with Crippen molar-refractivity contribution in [1.29, 1.82) is 0 Å². The zero-order valence-corrected chi connectivity index (χ0v) is 19.4. The number of benzene rings is 2. The molecule has 0 aliphatic carbocycles. The van der Waals surface area contributed by atoms with E-state index in [1.54, 1.807) is 39.0 Å². The fraction of sp³-hybridized carbons (Fsp3) is 0.440. The van der Waals surface area contributed by atoms with E-state index in [4.69, 9.17) is 0 Å². The normalized spacial score (nSPS) is 14.2. The molecule has 1 aliphatic heterocycles. The van der Waals surface area contributed by atoms with Crippen LogP contribution in [0.1, 0.15) is 79.2 Å². The van der Waals surface area contributed by atoms with Gasteiger partial charge in [0.2, 0.25) is 0 Å². The van der Waals surface area contributed by atoms with Gasteiger partial charge in [-0.2, -0.15) is 0 Å². The first kappa shape index (κ1) is 23.2. The Bertz CT molecular complexity index is 1050. The average Bonchev–Trinajstić information content (AvgIpc) is 2.97. The van der Waals surface area contributed by atoms with Crippen LogP contribution < -0.4 is 4.90 Å². The Kier molecular flexibility index (Phi) is 6.99. The van der Waals surface area contributed by atoms with Gasteiger partial charge in [0.25, 0.3) is 11.8 Å². The van der Waals surface area contributed by atoms with Gasteiger partial charge < -0.3 is 0 Å². The summed E-state index contributed by atoms with van der Waals surface area (Å²) in [6.07, 6.45) is 5.40. The molecule has 2 aromatic rings. The Morgan fingerprint density at radius 1 is 0.774 bits per heavy atom. The molecule has 1 heterocycles. The van der Waals surface area contributed by atoms with E-state index in [1.807, 2.05) is 30.3 Å². The quantitative estimate of drug-likeness (QED) is 0.396. The molecule has 6 heteroatoms. The second-order valence-corrected chi connectivity index (χ2v) is 12.0. The fourth-order valence-electron chi connectivity index (χ4n) is 3.71. The van der Waals surface area contributed by atoms with Crippen molar-refractivity contribution in [2.75, 3.05) is 10.7 Å². The molecule has 2 aromatic carbocycles. The van der Waals surface area contributed by atoms with E-state index < -0.39 is 14.6 Å². The molecule has 5 nitrogen and oxygen atoms in total. The summed E-state index contributed by atoms with van der Waals surface area (Å²) in [6, 6.07) is 14.5. The number of hydrogen-bond donors (Lipinski definition) is 0. The van der Waals surface area contributed by atoms with Gasteiger partial charge in [-0.1, -0.05) is 43.5 Å². The summed E-state index contributed by atoms with van der Waals surface area (Å²) >= 11 is 0. The molecule has 166 valence electrons. The van der Waals surface area contributed by atoms with Gasteiger partial charge >= 0.3 is 0 Å². The van der Waals surface area contributed by atoms with Crippen LogP contribution in [0.15, 0.2) is 48.5 Å². The first-order valence-corrected chi connectivity index (χ1v) is 12.6. The third-order valence-electron chi connectivity index (χ3n) is 5.78. The lowest BCUT2D eigenvalue weighted by Gasteiger charge is -2.18. The van der Waals surface area contributed by atoms with Gasteiger partial charge in [0.05, 0.1) is 27.3 Å². The number of unbranched alkanes of at least 4 members (excludes halogenated alkanes) is 4. The summed E-state index contributed by atoms with van der Waals surface area (Å²) in [6.45, 7) is 5.24. The van der Waals surface area contributed by atoms with E-state index in [0.717, 1.165) is 37.7 Å². The summed E-state index contributed by atoms with van der Waals surface area (Å²) in [5, 5.41) is 0. The Morgan fingerprint density at radius 3 is 2.06 bits per heavy atom. The highest BCUT2D eigenvalue weighted by Gasteiger charge is 2.36. The summed E-state index contributed by atoms with van der Waals surface area (Å²) < 4.78 is 23.6. The summed E-state index contributed by atoms with van der Waals surface area (Å²) in [4.78, 5) is 26.7. The smallest absolute Gasteiger partial charge is 0.266 e. The second kappa shape index (κ2) is 9.35. The zero-order valence-electron chi connectivity index (χ0n) is 18.6. The number of amides is 2. The van der Waals surface area contributed by atoms with Gasteiger partial charge in [0, 0.05) is 0 Å². The lowest BCUT2D eigenvalue weighted by atomic mass is 10.0. The monoisotopic (exact) mass is 441 g/mol. The van der Waals surface area contributed by atoms with E-state index in [0.29, 0.717) is 23.2 Å². The number of fused-ring (bicyclic) bond motifs is 1. The van der Waals surface area contributed by atoms with Crippen LogP contribution in [0.25, 0.3) is 0 Å². The number of rotatable bonds is 9. The maximum absolute atomic E-state index is 12.8. The predicted molar refractivity (Wildman–Crippen MR) is 124 cm³/mol. The molecule has 31 heavy (non-hydrogen) atoms. The molecule has 0 atom stereocenters. The SMILES string of the molecule is CC(C)(C)S(=O)(=O)CCCCCCCc1ccc2c(c1)C(=O)N(c1ccccc1)C2=O. The van der Waals surface area contributed by atoms with E-state index in [2.05, 4.69) is 0 Å². The Labute approximate surface area is 185 Å². The minimum Gasteiger partial charge on any atom is -0.268 e. The van der Waals surface area contributed by atoms with E-state index in [9.17, 15) is 18.0 Å². The minimum atomic E-state index is -3.04. The van der Waals surface area contributed by atoms with Crippen LogP contribution in [-0.2, 0) is 16.3 Å². The number of carbonyl (C=O) groups is 2. The molecule has 1 aliphatic rings. The lowest BCUT2D eigenvalue weighted by molar-refractivity contribution is 0.0926. The standard InChI is InChI=1S/C25H31NO4S/c1-25(2,3)31(29,30)17-11-6-4-5-8-12-19-15-16-21-22(18-19)24(28)26(23(21)27)20-13-9-7-10-14-20/h7,9-10,13-16,18H,4-6,8,11-12,17H2,1-3H3. The summed E-state index contributed by atoms with van der Waals surface area (Å²) in [7, 11) is -3.04. The molecule has 0 bridgehead atoms. The Hall–Kier alpha value is -2.47. The van der Waals surface area contributed by atoms with Gasteiger partial charge in [-0.3, -0.25) is 9.59 Å². The van der Waals surface area contributed by atoms with Gasteiger partial charge in [-0.25, -0.2) is 13.3 Å². The third-order valence-corrected chi connectivity index (χ3v) is 8.47. The molecule has 0 radical (unpaired) electrons. The van der Waals surface area contributed by atoms with Crippen LogP contribution in [0.2, 0.25) is 0 Å². The largest absolute Gasteiger partial charge is 0.268 e. The van der Waals surface area contributed by atoms with Crippen LogP contribution in [0.5, 0.6) is 0 Å².